The van der Waals surface area contributed by atoms with E-state index in [0.717, 1.165) is 28.0 Å². The molecule has 2 rings (SSSR count). The first-order chi connectivity index (χ1) is 13.3. The molecule has 0 unspecified atom stereocenters. The number of hydrogen-bond acceptors (Lipinski definition) is 3. The number of aliphatic hydroxyl groups is 1. The lowest BCUT2D eigenvalue weighted by Gasteiger charge is -2.17. The van der Waals surface area contributed by atoms with Gasteiger partial charge in [-0.25, -0.2) is 0 Å². The van der Waals surface area contributed by atoms with Gasteiger partial charge in [0.1, 0.15) is 5.75 Å². The van der Waals surface area contributed by atoms with Gasteiger partial charge < -0.3 is 9.84 Å². The van der Waals surface area contributed by atoms with Gasteiger partial charge >= 0.3 is 0 Å². The fraction of sp³-hybridized carbons (Fsp3) is 0.240. The number of hydrogen-bond donors (Lipinski definition) is 1. The van der Waals surface area contributed by atoms with Crippen molar-refractivity contribution in [2.24, 2.45) is 4.99 Å². The van der Waals surface area contributed by atoms with Gasteiger partial charge in [0, 0.05) is 12.4 Å². The lowest BCUT2D eigenvalue weighted by molar-refractivity contribution is 0.0786. The number of ether oxygens (including phenoxy) is 1. The largest absolute Gasteiger partial charge is 0.491 e. The number of allylic oxidation sites excluding steroid dienone is 3. The lowest BCUT2D eigenvalue weighted by atomic mass is 9.96. The topological polar surface area (TPSA) is 41.8 Å². The van der Waals surface area contributed by atoms with Crippen molar-refractivity contribution in [1.82, 2.24) is 0 Å². The molecule has 1 N–H and O–H groups in total. The summed E-state index contributed by atoms with van der Waals surface area (Å²) in [7, 11) is 0. The van der Waals surface area contributed by atoms with Gasteiger partial charge in [0.05, 0.1) is 11.7 Å². The van der Waals surface area contributed by atoms with E-state index >= 15 is 0 Å². The molecule has 0 amide bonds. The minimum absolute atomic E-state index is 0.173. The van der Waals surface area contributed by atoms with E-state index in [0.29, 0.717) is 0 Å². The van der Waals surface area contributed by atoms with E-state index in [1.807, 2.05) is 80.6 Å². The first kappa shape index (κ1) is 21.4. The summed E-state index contributed by atoms with van der Waals surface area (Å²) in [5, 5.41) is 10.0. The number of aliphatic imine (C=N–C) groups is 1. The van der Waals surface area contributed by atoms with Crippen LogP contribution < -0.4 is 4.74 Å². The summed E-state index contributed by atoms with van der Waals surface area (Å²) in [6.45, 7) is 11.6. The molecule has 0 saturated heterocycles. The molecule has 2 aromatic rings. The van der Waals surface area contributed by atoms with Crippen LogP contribution in [0.5, 0.6) is 5.75 Å². The van der Waals surface area contributed by atoms with Crippen LogP contribution in [0.3, 0.4) is 0 Å². The second-order valence-corrected chi connectivity index (χ2v) is 7.37. The molecule has 0 fully saturated rings. The Bertz CT molecular complexity index is 849. The van der Waals surface area contributed by atoms with Crippen LogP contribution in [0.1, 0.15) is 44.4 Å². The normalized spacial score (nSPS) is 12.5. The van der Waals surface area contributed by atoms with Crippen molar-refractivity contribution in [2.75, 3.05) is 0 Å². The van der Waals surface area contributed by atoms with E-state index in [-0.39, 0.29) is 6.10 Å². The SMILES string of the molecule is C=C(\C=C/C=N/C=C/c1ccc(OC(C)C)cc1)c1ccc(C(C)(C)O)cc1. The zero-order valence-electron chi connectivity index (χ0n) is 17.1. The van der Waals surface area contributed by atoms with Gasteiger partial charge in [-0.2, -0.15) is 0 Å². The highest BCUT2D eigenvalue weighted by Crippen LogP contribution is 2.22. The molecule has 0 atom stereocenters. The Labute approximate surface area is 168 Å². The van der Waals surface area contributed by atoms with Crippen LogP contribution in [-0.2, 0) is 5.60 Å². The second kappa shape index (κ2) is 9.86. The first-order valence-corrected chi connectivity index (χ1v) is 9.41. The second-order valence-electron chi connectivity index (χ2n) is 7.37. The smallest absolute Gasteiger partial charge is 0.119 e. The number of rotatable bonds is 8. The Morgan fingerprint density at radius 2 is 1.71 bits per heavy atom. The fourth-order valence-corrected chi connectivity index (χ4v) is 2.51. The highest BCUT2D eigenvalue weighted by atomic mass is 16.5. The summed E-state index contributed by atoms with van der Waals surface area (Å²) in [4.78, 5) is 4.25. The number of benzene rings is 2. The van der Waals surface area contributed by atoms with Crippen LogP contribution in [0.4, 0.5) is 0 Å². The van der Waals surface area contributed by atoms with E-state index in [1.165, 1.54) is 0 Å². The maximum absolute atomic E-state index is 10.0. The van der Waals surface area contributed by atoms with Crippen molar-refractivity contribution < 1.29 is 9.84 Å². The maximum Gasteiger partial charge on any atom is 0.119 e. The molecular formula is C25H29NO2. The summed E-state index contributed by atoms with van der Waals surface area (Å²) in [6, 6.07) is 15.7. The van der Waals surface area contributed by atoms with Crippen LogP contribution in [0, 0.1) is 0 Å². The first-order valence-electron chi connectivity index (χ1n) is 9.41. The average Bonchev–Trinajstić information content (AvgIpc) is 2.64. The van der Waals surface area contributed by atoms with Gasteiger partial charge in [-0.05, 0) is 74.2 Å². The highest BCUT2D eigenvalue weighted by Gasteiger charge is 2.15. The van der Waals surface area contributed by atoms with Crippen molar-refractivity contribution in [2.45, 2.75) is 39.4 Å². The van der Waals surface area contributed by atoms with E-state index in [2.05, 4.69) is 11.6 Å². The number of nitrogens with zero attached hydrogens (tertiary/aromatic N) is 1. The minimum Gasteiger partial charge on any atom is -0.491 e. The summed E-state index contributed by atoms with van der Waals surface area (Å²) < 4.78 is 5.63. The van der Waals surface area contributed by atoms with Crippen molar-refractivity contribution in [3.05, 3.63) is 90.2 Å². The van der Waals surface area contributed by atoms with Crippen LogP contribution in [0.2, 0.25) is 0 Å². The molecule has 0 spiro atoms. The van der Waals surface area contributed by atoms with Gasteiger partial charge in [0.15, 0.2) is 0 Å². The summed E-state index contributed by atoms with van der Waals surface area (Å²) in [5.74, 6) is 0.868. The van der Waals surface area contributed by atoms with Crippen molar-refractivity contribution in [3.8, 4) is 5.75 Å². The van der Waals surface area contributed by atoms with Crippen LogP contribution in [0.15, 0.2) is 78.5 Å². The average molecular weight is 376 g/mol. The zero-order chi connectivity index (χ0) is 20.6. The molecule has 0 aliphatic heterocycles. The molecule has 0 bridgehead atoms. The van der Waals surface area contributed by atoms with E-state index in [1.54, 1.807) is 26.3 Å². The molecule has 0 radical (unpaired) electrons. The standard InChI is InChI=1S/C25H29NO2/c1-19(2)28-24-14-8-21(9-15-24)16-18-26-17-6-7-20(3)22-10-12-23(13-11-22)25(4,5)27/h6-19,27H,3H2,1-2,4-5H3/b7-6-,18-16+,26-17+. The predicted molar refractivity (Wildman–Crippen MR) is 120 cm³/mol. The third kappa shape index (κ3) is 7.01. The van der Waals surface area contributed by atoms with Crippen molar-refractivity contribution >= 4 is 17.9 Å². The summed E-state index contributed by atoms with van der Waals surface area (Å²) >= 11 is 0. The van der Waals surface area contributed by atoms with Gasteiger partial charge in [-0.3, -0.25) is 4.99 Å². The lowest BCUT2D eigenvalue weighted by Crippen LogP contribution is -2.14. The molecule has 3 heteroatoms. The van der Waals surface area contributed by atoms with Gasteiger partial charge in [0.2, 0.25) is 0 Å². The van der Waals surface area contributed by atoms with Gasteiger partial charge in [-0.15, -0.1) is 0 Å². The maximum atomic E-state index is 10.0. The quantitative estimate of drug-likeness (QED) is 0.453. The van der Waals surface area contributed by atoms with E-state index in [4.69, 9.17) is 4.74 Å². The summed E-state index contributed by atoms with van der Waals surface area (Å²) in [6.07, 6.45) is 9.36. The van der Waals surface area contributed by atoms with E-state index in [9.17, 15) is 5.11 Å². The van der Waals surface area contributed by atoms with Crippen LogP contribution in [-0.4, -0.2) is 17.4 Å². The Morgan fingerprint density at radius 3 is 2.29 bits per heavy atom. The van der Waals surface area contributed by atoms with Crippen molar-refractivity contribution in [3.63, 3.8) is 0 Å². The third-order valence-electron chi connectivity index (χ3n) is 4.04. The molecule has 0 aliphatic carbocycles. The molecule has 146 valence electrons. The van der Waals surface area contributed by atoms with Crippen LogP contribution in [0.25, 0.3) is 11.6 Å². The Balaban J connectivity index is 1.87. The fourth-order valence-electron chi connectivity index (χ4n) is 2.51. The Morgan fingerprint density at radius 1 is 1.07 bits per heavy atom. The van der Waals surface area contributed by atoms with E-state index < -0.39 is 5.60 Å². The minimum atomic E-state index is -0.837. The van der Waals surface area contributed by atoms with Crippen LogP contribution >= 0.6 is 0 Å². The molecule has 0 heterocycles. The van der Waals surface area contributed by atoms with Gasteiger partial charge in [-0.1, -0.05) is 49.1 Å². The predicted octanol–water partition coefficient (Wildman–Crippen LogP) is 6.01. The zero-order valence-corrected chi connectivity index (χ0v) is 17.1. The molecular weight excluding hydrogens is 346 g/mol. The molecule has 28 heavy (non-hydrogen) atoms. The molecule has 2 aromatic carbocycles. The Kier molecular flexibility index (Phi) is 7.53. The molecule has 0 aliphatic rings. The van der Waals surface area contributed by atoms with Gasteiger partial charge in [0.25, 0.3) is 0 Å². The molecule has 0 aromatic heterocycles. The van der Waals surface area contributed by atoms with Crippen molar-refractivity contribution in [1.29, 1.82) is 0 Å². The monoisotopic (exact) mass is 375 g/mol. The third-order valence-corrected chi connectivity index (χ3v) is 4.04. The summed E-state index contributed by atoms with van der Waals surface area (Å²) in [5.41, 5.74) is 3.00. The highest BCUT2D eigenvalue weighted by molar-refractivity contribution is 5.80. The Hall–Kier alpha value is -2.91. The molecule has 0 saturated carbocycles. The molecule has 3 nitrogen and oxygen atoms in total.